The average Bonchev–Trinajstić information content (AvgIpc) is 2.23. The van der Waals surface area contributed by atoms with Gasteiger partial charge in [0.25, 0.3) is 0 Å². The van der Waals surface area contributed by atoms with Gasteiger partial charge in [-0.2, -0.15) is 0 Å². The van der Waals surface area contributed by atoms with Crippen molar-refractivity contribution in [2.75, 3.05) is 6.61 Å². The molecule has 1 atom stereocenters. The molecule has 0 rings (SSSR count). The molecule has 5 nitrogen and oxygen atoms in total. The molecule has 0 fully saturated rings. The molecule has 0 aliphatic heterocycles. The third kappa shape index (κ3) is 7.83. The summed E-state index contributed by atoms with van der Waals surface area (Å²) in [5.41, 5.74) is 0.407. The number of ether oxygens (including phenoxy) is 1. The molecule has 0 N–H and O–H groups in total. The van der Waals surface area contributed by atoms with E-state index in [4.69, 9.17) is 13.8 Å². The number of carbonyl (C=O) groups excluding carboxylic acids is 1. The fraction of sp³-hybridized carbons (Fsp3) is 0.786. The van der Waals surface area contributed by atoms with E-state index in [0.717, 1.165) is 0 Å². The highest BCUT2D eigenvalue weighted by molar-refractivity contribution is 7.54. The average molecular weight is 306 g/mol. The van der Waals surface area contributed by atoms with E-state index < -0.39 is 13.6 Å². The zero-order valence-electron chi connectivity index (χ0n) is 13.5. The first-order valence-electron chi connectivity index (χ1n) is 6.87. The highest BCUT2D eigenvalue weighted by Gasteiger charge is 2.30. The summed E-state index contributed by atoms with van der Waals surface area (Å²) < 4.78 is 28.3. The second-order valence-corrected chi connectivity index (χ2v) is 8.12. The second-order valence-electron chi connectivity index (χ2n) is 5.54. The number of carbonyl (C=O) groups is 1. The van der Waals surface area contributed by atoms with Crippen molar-refractivity contribution in [3.05, 3.63) is 11.6 Å². The van der Waals surface area contributed by atoms with Crippen LogP contribution in [0.25, 0.3) is 0 Å². The molecular formula is C14H27O5P. The van der Waals surface area contributed by atoms with Crippen LogP contribution in [-0.4, -0.2) is 30.4 Å². The first-order chi connectivity index (χ1) is 9.06. The van der Waals surface area contributed by atoms with E-state index in [0.29, 0.717) is 5.57 Å². The van der Waals surface area contributed by atoms with Crippen LogP contribution in [0.3, 0.4) is 0 Å². The number of hydrogen-bond donors (Lipinski definition) is 0. The van der Waals surface area contributed by atoms with E-state index >= 15 is 0 Å². The van der Waals surface area contributed by atoms with Crippen LogP contribution in [0.1, 0.15) is 48.5 Å². The van der Waals surface area contributed by atoms with Gasteiger partial charge in [0, 0.05) is 6.08 Å². The number of esters is 1. The predicted molar refractivity (Wildman–Crippen MR) is 79.9 cm³/mol. The van der Waals surface area contributed by atoms with E-state index in [1.54, 1.807) is 48.5 Å². The van der Waals surface area contributed by atoms with Gasteiger partial charge in [-0.3, -0.25) is 4.57 Å². The SMILES string of the molecule is CC(=CC(=O)OC(C)C)COP(=O)(OC(C)C)C(C)C. The van der Waals surface area contributed by atoms with Crippen LogP contribution in [0.4, 0.5) is 0 Å². The molecule has 0 saturated heterocycles. The van der Waals surface area contributed by atoms with Gasteiger partial charge in [0.15, 0.2) is 0 Å². The summed E-state index contributed by atoms with van der Waals surface area (Å²) >= 11 is 0. The summed E-state index contributed by atoms with van der Waals surface area (Å²) in [5.74, 6) is -0.426. The molecule has 0 aliphatic carbocycles. The molecule has 118 valence electrons. The molecule has 0 heterocycles. The Morgan fingerprint density at radius 2 is 1.65 bits per heavy atom. The van der Waals surface area contributed by atoms with Crippen LogP contribution in [-0.2, 0) is 23.1 Å². The summed E-state index contributed by atoms with van der Waals surface area (Å²) in [6.45, 7) is 12.5. The van der Waals surface area contributed by atoms with Gasteiger partial charge in [-0.1, -0.05) is 13.8 Å². The highest BCUT2D eigenvalue weighted by Crippen LogP contribution is 2.53. The summed E-state index contributed by atoms with van der Waals surface area (Å²) in [6.07, 6.45) is 0.997. The Balaban J connectivity index is 4.60. The van der Waals surface area contributed by atoms with Crippen molar-refractivity contribution in [1.82, 2.24) is 0 Å². The standard InChI is InChI=1S/C14H27O5P/c1-10(2)18-14(15)8-13(7)9-17-20(16,12(5)6)19-11(3)4/h8,10-12H,9H2,1-7H3. The van der Waals surface area contributed by atoms with Gasteiger partial charge in [-0.25, -0.2) is 4.79 Å². The van der Waals surface area contributed by atoms with Crippen LogP contribution in [0.5, 0.6) is 0 Å². The zero-order valence-corrected chi connectivity index (χ0v) is 14.4. The van der Waals surface area contributed by atoms with E-state index in [-0.39, 0.29) is 24.5 Å². The maximum atomic E-state index is 12.5. The molecule has 0 spiro atoms. The summed E-state index contributed by atoms with van der Waals surface area (Å²) in [5, 5.41) is 0. The van der Waals surface area contributed by atoms with Gasteiger partial charge in [-0.05, 0) is 40.2 Å². The Morgan fingerprint density at radius 1 is 1.10 bits per heavy atom. The van der Waals surface area contributed by atoms with Gasteiger partial charge in [0.2, 0.25) is 0 Å². The maximum absolute atomic E-state index is 12.5. The van der Waals surface area contributed by atoms with E-state index in [2.05, 4.69) is 0 Å². The Bertz CT molecular complexity index is 385. The Hall–Kier alpha value is -0.640. The fourth-order valence-electron chi connectivity index (χ4n) is 1.30. The van der Waals surface area contributed by atoms with Crippen molar-refractivity contribution in [3.8, 4) is 0 Å². The summed E-state index contributed by atoms with van der Waals surface area (Å²) in [4.78, 5) is 11.4. The lowest BCUT2D eigenvalue weighted by molar-refractivity contribution is -0.141. The topological polar surface area (TPSA) is 61.8 Å². The molecule has 1 unspecified atom stereocenters. The third-order valence-corrected chi connectivity index (χ3v) is 4.65. The summed E-state index contributed by atoms with van der Waals surface area (Å²) in [7, 11) is -3.17. The van der Waals surface area contributed by atoms with Crippen LogP contribution in [0.2, 0.25) is 0 Å². The Kier molecular flexibility index (Phi) is 8.33. The fourth-order valence-corrected chi connectivity index (χ4v) is 2.87. The summed E-state index contributed by atoms with van der Waals surface area (Å²) in [6, 6.07) is 0. The predicted octanol–water partition coefficient (Wildman–Crippen LogP) is 3.93. The monoisotopic (exact) mass is 306 g/mol. The minimum Gasteiger partial charge on any atom is -0.460 e. The molecule has 0 bridgehead atoms. The zero-order chi connectivity index (χ0) is 15.9. The minimum absolute atomic E-state index is 0.0787. The molecule has 0 aromatic heterocycles. The molecule has 20 heavy (non-hydrogen) atoms. The van der Waals surface area contributed by atoms with Gasteiger partial charge < -0.3 is 13.8 Å². The van der Waals surface area contributed by atoms with Crippen LogP contribution >= 0.6 is 7.60 Å². The molecule has 0 saturated carbocycles. The molecule has 0 aliphatic rings. The van der Waals surface area contributed by atoms with Crippen molar-refractivity contribution in [1.29, 1.82) is 0 Å². The van der Waals surface area contributed by atoms with Crippen molar-refractivity contribution >= 4 is 13.6 Å². The molecule has 6 heteroatoms. The first kappa shape index (κ1) is 19.4. The third-order valence-electron chi connectivity index (χ3n) is 2.18. The lowest BCUT2D eigenvalue weighted by Crippen LogP contribution is -2.13. The van der Waals surface area contributed by atoms with Crippen molar-refractivity contribution in [2.24, 2.45) is 0 Å². The lowest BCUT2D eigenvalue weighted by atomic mass is 10.3. The lowest BCUT2D eigenvalue weighted by Gasteiger charge is -2.23. The van der Waals surface area contributed by atoms with Gasteiger partial charge >= 0.3 is 13.6 Å². The normalized spacial score (nSPS) is 15.8. The van der Waals surface area contributed by atoms with Crippen molar-refractivity contribution in [3.63, 3.8) is 0 Å². The van der Waals surface area contributed by atoms with Gasteiger partial charge in [0.1, 0.15) is 0 Å². The van der Waals surface area contributed by atoms with E-state index in [1.807, 2.05) is 0 Å². The minimum atomic E-state index is -3.17. The van der Waals surface area contributed by atoms with Gasteiger partial charge in [-0.15, -0.1) is 0 Å². The number of hydrogen-bond acceptors (Lipinski definition) is 5. The largest absolute Gasteiger partial charge is 0.460 e. The Morgan fingerprint density at radius 3 is 2.05 bits per heavy atom. The van der Waals surface area contributed by atoms with Crippen molar-refractivity contribution in [2.45, 2.75) is 66.3 Å². The molecule has 0 aromatic rings. The Labute approximate surface area is 122 Å². The number of rotatable bonds is 8. The first-order valence-corrected chi connectivity index (χ1v) is 8.48. The van der Waals surface area contributed by atoms with Crippen LogP contribution in [0.15, 0.2) is 11.6 Å². The van der Waals surface area contributed by atoms with Crippen molar-refractivity contribution < 1.29 is 23.1 Å². The molecular weight excluding hydrogens is 279 g/mol. The molecule has 0 radical (unpaired) electrons. The van der Waals surface area contributed by atoms with Crippen LogP contribution in [0, 0.1) is 0 Å². The quantitative estimate of drug-likeness (QED) is 0.386. The van der Waals surface area contributed by atoms with Crippen LogP contribution < -0.4 is 0 Å². The molecule has 0 amide bonds. The van der Waals surface area contributed by atoms with E-state index in [9.17, 15) is 9.36 Å². The second kappa shape index (κ2) is 8.60. The molecule has 0 aromatic carbocycles. The smallest absolute Gasteiger partial charge is 0.333 e. The highest BCUT2D eigenvalue weighted by atomic mass is 31.2. The van der Waals surface area contributed by atoms with E-state index in [1.165, 1.54) is 6.08 Å². The van der Waals surface area contributed by atoms with Gasteiger partial charge in [0.05, 0.1) is 24.5 Å². The maximum Gasteiger partial charge on any atom is 0.333 e.